The minimum Gasteiger partial charge on any atom is -0.507 e. The summed E-state index contributed by atoms with van der Waals surface area (Å²) in [6.07, 6.45) is 0. The number of aromatic nitrogens is 2. The Morgan fingerprint density at radius 2 is 1.48 bits per heavy atom. The SMILES string of the molecule is Br.Cc1ccc2c(c1)n(CC(=O)c1cc(C(C)(C)C)c(O)c(C(C)(C)C)c1)c(=N)n2C. The van der Waals surface area contributed by atoms with Gasteiger partial charge in [-0.1, -0.05) is 47.6 Å². The molecule has 1 aromatic heterocycles. The average molecular weight is 488 g/mol. The van der Waals surface area contributed by atoms with E-state index >= 15 is 0 Å². The number of aromatic hydroxyl groups is 1. The molecule has 2 aromatic carbocycles. The number of nitrogens with zero attached hydrogens (tertiary/aromatic N) is 2. The van der Waals surface area contributed by atoms with Crippen molar-refractivity contribution in [1.82, 2.24) is 9.13 Å². The molecule has 0 bridgehead atoms. The highest BCUT2D eigenvalue weighted by molar-refractivity contribution is 8.93. The summed E-state index contributed by atoms with van der Waals surface area (Å²) in [6.45, 7) is 14.3. The summed E-state index contributed by atoms with van der Waals surface area (Å²) in [4.78, 5) is 13.4. The summed E-state index contributed by atoms with van der Waals surface area (Å²) in [6, 6.07) is 9.64. The maximum absolute atomic E-state index is 13.4. The van der Waals surface area contributed by atoms with Crippen molar-refractivity contribution in [3.8, 4) is 5.75 Å². The van der Waals surface area contributed by atoms with Crippen molar-refractivity contribution in [3.05, 3.63) is 58.2 Å². The van der Waals surface area contributed by atoms with Crippen molar-refractivity contribution >= 4 is 33.8 Å². The van der Waals surface area contributed by atoms with Gasteiger partial charge in [0.15, 0.2) is 5.78 Å². The lowest BCUT2D eigenvalue weighted by Gasteiger charge is -2.28. The van der Waals surface area contributed by atoms with E-state index in [-0.39, 0.29) is 51.5 Å². The van der Waals surface area contributed by atoms with Gasteiger partial charge in [-0.25, -0.2) is 0 Å². The average Bonchev–Trinajstić information content (AvgIpc) is 2.84. The van der Waals surface area contributed by atoms with Crippen LogP contribution in [-0.4, -0.2) is 20.0 Å². The number of hydrogen-bond donors (Lipinski definition) is 2. The molecule has 0 spiro atoms. The zero-order chi connectivity index (χ0) is 22.6. The quantitative estimate of drug-likeness (QED) is 0.476. The monoisotopic (exact) mass is 487 g/mol. The third-order valence-corrected chi connectivity index (χ3v) is 5.71. The number of Topliss-reactive ketones (excluding diaryl/α,β-unsaturated/α-hetero) is 1. The fourth-order valence-corrected chi connectivity index (χ4v) is 3.88. The normalized spacial score (nSPS) is 12.1. The molecule has 168 valence electrons. The number of hydrogen-bond acceptors (Lipinski definition) is 3. The number of phenols is 1. The number of imidazole rings is 1. The van der Waals surface area contributed by atoms with Crippen molar-refractivity contribution in [2.75, 3.05) is 0 Å². The maximum atomic E-state index is 13.4. The van der Waals surface area contributed by atoms with Gasteiger partial charge in [-0.05, 0) is 47.6 Å². The van der Waals surface area contributed by atoms with Crippen LogP contribution in [0, 0.1) is 12.3 Å². The highest BCUT2D eigenvalue weighted by atomic mass is 79.9. The van der Waals surface area contributed by atoms with Gasteiger partial charge < -0.3 is 14.2 Å². The zero-order valence-corrected chi connectivity index (χ0v) is 21.5. The van der Waals surface area contributed by atoms with Crippen molar-refractivity contribution in [2.24, 2.45) is 7.05 Å². The fourth-order valence-electron chi connectivity index (χ4n) is 3.88. The summed E-state index contributed by atoms with van der Waals surface area (Å²) in [5.41, 5.74) is 4.68. The van der Waals surface area contributed by atoms with Crippen LogP contribution >= 0.6 is 17.0 Å². The Kier molecular flexibility index (Phi) is 6.68. The predicted octanol–water partition coefficient (Wildman–Crippen LogP) is 5.53. The molecule has 0 saturated carbocycles. The highest BCUT2D eigenvalue weighted by Crippen LogP contribution is 2.40. The molecule has 5 nitrogen and oxygen atoms in total. The van der Waals surface area contributed by atoms with Gasteiger partial charge in [0.05, 0.1) is 17.6 Å². The third-order valence-electron chi connectivity index (χ3n) is 5.71. The second-order valence-corrected chi connectivity index (χ2v) is 10.3. The van der Waals surface area contributed by atoms with Crippen LogP contribution in [0.15, 0.2) is 30.3 Å². The predicted molar refractivity (Wildman–Crippen MR) is 132 cm³/mol. The smallest absolute Gasteiger partial charge is 0.203 e. The Hall–Kier alpha value is -2.34. The van der Waals surface area contributed by atoms with Crippen molar-refractivity contribution < 1.29 is 9.90 Å². The molecule has 0 fully saturated rings. The van der Waals surface area contributed by atoms with E-state index in [2.05, 4.69) is 0 Å². The summed E-state index contributed by atoms with van der Waals surface area (Å²) < 4.78 is 3.55. The molecular weight excluding hydrogens is 454 g/mol. The Balaban J connectivity index is 0.00000341. The second-order valence-electron chi connectivity index (χ2n) is 10.3. The number of carbonyl (C=O) groups is 1. The van der Waals surface area contributed by atoms with Crippen molar-refractivity contribution in [2.45, 2.75) is 65.8 Å². The molecular formula is C25H34BrN3O2. The number of phenolic OH excluding ortho intramolecular Hbond substituents is 1. The van der Waals surface area contributed by atoms with E-state index in [1.807, 2.05) is 85.8 Å². The minimum absolute atomic E-state index is 0. The molecule has 1 heterocycles. The first-order chi connectivity index (χ1) is 13.7. The number of aryl methyl sites for hydroxylation is 2. The standard InChI is InChI=1S/C25H33N3O2.BrH/c1-15-9-10-19-20(11-15)28(23(26)27(19)8)14-21(29)16-12-17(24(2,3)4)22(30)18(13-16)25(5,6)7;/h9-13,26,30H,14H2,1-8H3;1H. The molecule has 3 aromatic rings. The van der Waals surface area contributed by atoms with Gasteiger partial charge in [0.1, 0.15) is 5.75 Å². The van der Waals surface area contributed by atoms with Gasteiger partial charge in [-0.2, -0.15) is 0 Å². The van der Waals surface area contributed by atoms with Crippen LogP contribution in [0.1, 0.15) is 68.6 Å². The molecule has 6 heteroatoms. The minimum atomic E-state index is -0.301. The first kappa shape index (κ1) is 24.9. The van der Waals surface area contributed by atoms with Crippen molar-refractivity contribution in [3.63, 3.8) is 0 Å². The number of nitrogens with one attached hydrogen (secondary N) is 1. The Bertz CT molecular complexity index is 1170. The van der Waals surface area contributed by atoms with Crippen LogP contribution in [-0.2, 0) is 24.4 Å². The molecule has 0 saturated heterocycles. The fraction of sp³-hybridized carbons (Fsp3) is 0.440. The van der Waals surface area contributed by atoms with E-state index in [9.17, 15) is 9.90 Å². The molecule has 0 amide bonds. The van der Waals surface area contributed by atoms with Crippen LogP contribution in [0.3, 0.4) is 0 Å². The van der Waals surface area contributed by atoms with Crippen LogP contribution < -0.4 is 5.62 Å². The Morgan fingerprint density at radius 3 is 1.97 bits per heavy atom. The lowest BCUT2D eigenvalue weighted by atomic mass is 9.78. The maximum Gasteiger partial charge on any atom is 0.203 e. The lowest BCUT2D eigenvalue weighted by molar-refractivity contribution is 0.0971. The molecule has 31 heavy (non-hydrogen) atoms. The van der Waals surface area contributed by atoms with E-state index in [1.165, 1.54) is 0 Å². The number of rotatable bonds is 3. The molecule has 2 N–H and O–H groups in total. The Morgan fingerprint density at radius 1 is 0.968 bits per heavy atom. The second kappa shape index (κ2) is 8.30. The molecule has 0 unspecified atom stereocenters. The van der Waals surface area contributed by atoms with Gasteiger partial charge in [-0.3, -0.25) is 10.2 Å². The van der Waals surface area contributed by atoms with Gasteiger partial charge in [0, 0.05) is 23.7 Å². The van der Waals surface area contributed by atoms with Crippen LogP contribution in [0.2, 0.25) is 0 Å². The number of benzene rings is 2. The zero-order valence-electron chi connectivity index (χ0n) is 19.8. The number of halogens is 1. The van der Waals surface area contributed by atoms with Gasteiger partial charge >= 0.3 is 0 Å². The molecule has 0 aliphatic carbocycles. The molecule has 0 aliphatic heterocycles. The van der Waals surface area contributed by atoms with E-state index in [0.29, 0.717) is 5.56 Å². The van der Waals surface area contributed by atoms with E-state index < -0.39 is 0 Å². The first-order valence-corrected chi connectivity index (χ1v) is 10.3. The summed E-state index contributed by atoms with van der Waals surface area (Å²) >= 11 is 0. The van der Waals surface area contributed by atoms with E-state index in [1.54, 1.807) is 9.13 Å². The van der Waals surface area contributed by atoms with Crippen LogP contribution in [0.4, 0.5) is 0 Å². The summed E-state index contributed by atoms with van der Waals surface area (Å²) in [5, 5.41) is 19.4. The topological polar surface area (TPSA) is 71.0 Å². The van der Waals surface area contributed by atoms with Gasteiger partial charge in [-0.15, -0.1) is 17.0 Å². The van der Waals surface area contributed by atoms with Gasteiger partial charge in [0.25, 0.3) is 0 Å². The molecule has 3 rings (SSSR count). The number of fused-ring (bicyclic) bond motifs is 1. The number of carbonyl (C=O) groups excluding carboxylic acids is 1. The van der Waals surface area contributed by atoms with Crippen molar-refractivity contribution in [1.29, 1.82) is 5.41 Å². The summed E-state index contributed by atoms with van der Waals surface area (Å²) in [7, 11) is 1.84. The number of ketones is 1. The van der Waals surface area contributed by atoms with E-state index in [4.69, 9.17) is 5.41 Å². The Labute approximate surface area is 195 Å². The van der Waals surface area contributed by atoms with E-state index in [0.717, 1.165) is 27.7 Å². The largest absolute Gasteiger partial charge is 0.507 e. The molecule has 0 aliphatic rings. The van der Waals surface area contributed by atoms with Crippen LogP contribution in [0.25, 0.3) is 11.0 Å². The summed E-state index contributed by atoms with van der Waals surface area (Å²) in [5.74, 6) is 0.194. The third kappa shape index (κ3) is 4.64. The molecule has 0 atom stereocenters. The first-order valence-electron chi connectivity index (χ1n) is 10.3. The highest BCUT2D eigenvalue weighted by Gasteiger charge is 2.28. The molecule has 0 radical (unpaired) electrons. The van der Waals surface area contributed by atoms with Crippen LogP contribution in [0.5, 0.6) is 5.75 Å². The lowest BCUT2D eigenvalue weighted by Crippen LogP contribution is -2.26. The van der Waals surface area contributed by atoms with Gasteiger partial charge in [0.2, 0.25) is 5.62 Å².